The summed E-state index contributed by atoms with van der Waals surface area (Å²) in [7, 11) is 0. The van der Waals surface area contributed by atoms with Gasteiger partial charge in [0.05, 0.1) is 5.69 Å². The van der Waals surface area contributed by atoms with Crippen LogP contribution in [0.2, 0.25) is 0 Å². The number of hydrogen-bond donors (Lipinski definition) is 0. The first-order valence-corrected chi connectivity index (χ1v) is 6.62. The molecule has 0 saturated heterocycles. The van der Waals surface area contributed by atoms with Crippen LogP contribution >= 0.6 is 11.8 Å². The lowest BCUT2D eigenvalue weighted by Gasteiger charge is -2.11. The van der Waals surface area contributed by atoms with Crippen LogP contribution in [0.15, 0.2) is 29.4 Å². The molecule has 0 radical (unpaired) electrons. The Morgan fingerprint density at radius 2 is 1.82 bits per heavy atom. The van der Waals surface area contributed by atoms with Gasteiger partial charge in [-0.25, -0.2) is 0 Å². The van der Waals surface area contributed by atoms with Crippen LogP contribution in [-0.4, -0.2) is 20.0 Å². The zero-order valence-corrected chi connectivity index (χ0v) is 11.5. The SMILES string of the molecule is Cc1ccccc1-n1c(C)nnc1SC(C)C. The number of nitrogens with zero attached hydrogens (tertiary/aromatic N) is 3. The highest BCUT2D eigenvalue weighted by Crippen LogP contribution is 2.26. The summed E-state index contributed by atoms with van der Waals surface area (Å²) in [4.78, 5) is 0. The highest BCUT2D eigenvalue weighted by Gasteiger charge is 2.13. The van der Waals surface area contributed by atoms with Gasteiger partial charge in [0.1, 0.15) is 5.82 Å². The molecule has 0 aliphatic heterocycles. The van der Waals surface area contributed by atoms with E-state index in [-0.39, 0.29) is 0 Å². The molecule has 90 valence electrons. The first-order chi connectivity index (χ1) is 8.09. The molecule has 0 bridgehead atoms. The molecule has 0 fully saturated rings. The average molecular weight is 247 g/mol. The van der Waals surface area contributed by atoms with E-state index < -0.39 is 0 Å². The molecule has 3 nitrogen and oxygen atoms in total. The lowest BCUT2D eigenvalue weighted by atomic mass is 10.2. The summed E-state index contributed by atoms with van der Waals surface area (Å²) in [5, 5.41) is 9.89. The van der Waals surface area contributed by atoms with E-state index in [0.717, 1.165) is 16.7 Å². The van der Waals surface area contributed by atoms with Gasteiger partial charge in [-0.05, 0) is 25.5 Å². The van der Waals surface area contributed by atoms with Gasteiger partial charge in [-0.1, -0.05) is 43.8 Å². The Morgan fingerprint density at radius 1 is 1.12 bits per heavy atom. The second-order valence-corrected chi connectivity index (χ2v) is 5.86. The van der Waals surface area contributed by atoms with Crippen molar-refractivity contribution in [2.45, 2.75) is 38.1 Å². The number of hydrogen-bond acceptors (Lipinski definition) is 3. The first-order valence-electron chi connectivity index (χ1n) is 5.74. The Bertz CT molecular complexity index is 517. The predicted molar refractivity (Wildman–Crippen MR) is 71.8 cm³/mol. The molecule has 0 spiro atoms. The molecule has 4 heteroatoms. The third-order valence-electron chi connectivity index (χ3n) is 2.49. The maximum absolute atomic E-state index is 4.25. The standard InChI is InChI=1S/C13H17N3S/c1-9(2)17-13-15-14-11(4)16(13)12-8-6-5-7-10(12)3/h5-9H,1-4H3. The largest absolute Gasteiger partial charge is 0.274 e. The minimum atomic E-state index is 0.501. The molecule has 2 rings (SSSR count). The van der Waals surface area contributed by atoms with E-state index in [0.29, 0.717) is 5.25 Å². The van der Waals surface area contributed by atoms with Crippen molar-refractivity contribution in [2.24, 2.45) is 0 Å². The topological polar surface area (TPSA) is 30.7 Å². The van der Waals surface area contributed by atoms with Crippen LogP contribution in [0.1, 0.15) is 25.2 Å². The highest BCUT2D eigenvalue weighted by atomic mass is 32.2. The van der Waals surface area contributed by atoms with Gasteiger partial charge in [-0.3, -0.25) is 4.57 Å². The summed E-state index contributed by atoms with van der Waals surface area (Å²) in [6.07, 6.45) is 0. The molecule has 1 aromatic heterocycles. The lowest BCUT2D eigenvalue weighted by molar-refractivity contribution is 0.856. The molecule has 0 aliphatic rings. The summed E-state index contributed by atoms with van der Waals surface area (Å²) in [6.45, 7) is 8.43. The van der Waals surface area contributed by atoms with Crippen molar-refractivity contribution in [2.75, 3.05) is 0 Å². The minimum absolute atomic E-state index is 0.501. The molecule has 2 aromatic rings. The maximum Gasteiger partial charge on any atom is 0.196 e. The van der Waals surface area contributed by atoms with Gasteiger partial charge in [0.25, 0.3) is 0 Å². The van der Waals surface area contributed by atoms with Gasteiger partial charge in [-0.15, -0.1) is 10.2 Å². The normalized spacial score (nSPS) is 11.1. The fourth-order valence-corrected chi connectivity index (χ4v) is 2.57. The quantitative estimate of drug-likeness (QED) is 0.779. The van der Waals surface area contributed by atoms with E-state index in [1.165, 1.54) is 5.56 Å². The Hall–Kier alpha value is -1.29. The number of benzene rings is 1. The zero-order valence-electron chi connectivity index (χ0n) is 10.6. The van der Waals surface area contributed by atoms with Crippen molar-refractivity contribution >= 4 is 11.8 Å². The molecule has 0 aliphatic carbocycles. The molecule has 17 heavy (non-hydrogen) atoms. The zero-order chi connectivity index (χ0) is 12.4. The number of thioether (sulfide) groups is 1. The molecule has 0 saturated carbocycles. The fraction of sp³-hybridized carbons (Fsp3) is 0.385. The van der Waals surface area contributed by atoms with Gasteiger partial charge in [0.2, 0.25) is 0 Å². The molecular weight excluding hydrogens is 230 g/mol. The van der Waals surface area contributed by atoms with Crippen molar-refractivity contribution < 1.29 is 0 Å². The van der Waals surface area contributed by atoms with Crippen LogP contribution < -0.4 is 0 Å². The first kappa shape index (κ1) is 12.2. The maximum atomic E-state index is 4.25. The van der Waals surface area contributed by atoms with E-state index in [9.17, 15) is 0 Å². The molecule has 0 unspecified atom stereocenters. The summed E-state index contributed by atoms with van der Waals surface area (Å²) >= 11 is 1.74. The predicted octanol–water partition coefficient (Wildman–Crippen LogP) is 3.38. The van der Waals surface area contributed by atoms with Crippen LogP contribution in [0.4, 0.5) is 0 Å². The highest BCUT2D eigenvalue weighted by molar-refractivity contribution is 7.99. The summed E-state index contributed by atoms with van der Waals surface area (Å²) in [6, 6.07) is 8.31. The molecule has 0 atom stereocenters. The number of rotatable bonds is 3. The molecular formula is C13H17N3S. The van der Waals surface area contributed by atoms with Crippen molar-refractivity contribution in [1.82, 2.24) is 14.8 Å². The van der Waals surface area contributed by atoms with E-state index in [1.807, 2.05) is 19.1 Å². The Labute approximate surface area is 106 Å². The fourth-order valence-electron chi connectivity index (χ4n) is 1.72. The van der Waals surface area contributed by atoms with E-state index in [4.69, 9.17) is 0 Å². The second kappa shape index (κ2) is 4.92. The van der Waals surface area contributed by atoms with Crippen LogP contribution in [0.5, 0.6) is 0 Å². The summed E-state index contributed by atoms with van der Waals surface area (Å²) in [5.41, 5.74) is 2.40. The van der Waals surface area contributed by atoms with Crippen molar-refractivity contribution in [3.8, 4) is 5.69 Å². The third-order valence-corrected chi connectivity index (χ3v) is 3.44. The smallest absolute Gasteiger partial charge is 0.196 e. The van der Waals surface area contributed by atoms with Crippen molar-refractivity contribution in [3.05, 3.63) is 35.7 Å². The summed E-state index contributed by atoms with van der Waals surface area (Å²) in [5.74, 6) is 0.933. The van der Waals surface area contributed by atoms with Crippen LogP contribution in [0, 0.1) is 13.8 Å². The van der Waals surface area contributed by atoms with Gasteiger partial charge < -0.3 is 0 Å². The van der Waals surface area contributed by atoms with Crippen molar-refractivity contribution in [3.63, 3.8) is 0 Å². The van der Waals surface area contributed by atoms with Gasteiger partial charge >= 0.3 is 0 Å². The molecule has 0 amide bonds. The number of aromatic nitrogens is 3. The second-order valence-electron chi connectivity index (χ2n) is 4.32. The Morgan fingerprint density at radius 3 is 2.47 bits per heavy atom. The van der Waals surface area contributed by atoms with Crippen molar-refractivity contribution in [1.29, 1.82) is 0 Å². The number of aryl methyl sites for hydroxylation is 2. The molecule has 1 heterocycles. The third kappa shape index (κ3) is 2.52. The van der Waals surface area contributed by atoms with E-state index >= 15 is 0 Å². The minimum Gasteiger partial charge on any atom is -0.274 e. The molecule has 1 aromatic carbocycles. The van der Waals surface area contributed by atoms with Crippen LogP contribution in [0.25, 0.3) is 5.69 Å². The van der Waals surface area contributed by atoms with Gasteiger partial charge in [0, 0.05) is 5.25 Å². The average Bonchev–Trinajstić information content (AvgIpc) is 2.60. The lowest BCUT2D eigenvalue weighted by Crippen LogP contribution is -2.02. The summed E-state index contributed by atoms with van der Waals surface area (Å²) < 4.78 is 2.12. The van der Waals surface area contributed by atoms with Gasteiger partial charge in [0.15, 0.2) is 5.16 Å². The Balaban J connectivity index is 2.51. The van der Waals surface area contributed by atoms with Gasteiger partial charge in [-0.2, -0.15) is 0 Å². The number of para-hydroxylation sites is 1. The Kier molecular flexibility index (Phi) is 3.52. The van der Waals surface area contributed by atoms with E-state index in [1.54, 1.807) is 11.8 Å². The van der Waals surface area contributed by atoms with E-state index in [2.05, 4.69) is 47.7 Å². The van der Waals surface area contributed by atoms with Crippen LogP contribution in [0.3, 0.4) is 0 Å². The monoisotopic (exact) mass is 247 g/mol. The molecule has 0 N–H and O–H groups in total. The van der Waals surface area contributed by atoms with Crippen LogP contribution in [-0.2, 0) is 0 Å².